The molecule has 0 atom stereocenters. The second-order valence-corrected chi connectivity index (χ2v) is 8.09. The number of anilines is 4. The number of aromatic nitrogens is 2. The molecule has 1 heterocycles. The van der Waals surface area contributed by atoms with Gasteiger partial charge in [-0.15, -0.1) is 0 Å². The first-order chi connectivity index (χ1) is 15.0. The van der Waals surface area contributed by atoms with Crippen molar-refractivity contribution in [3.63, 3.8) is 0 Å². The summed E-state index contributed by atoms with van der Waals surface area (Å²) in [6.45, 7) is 2.16. The third kappa shape index (κ3) is 5.28. The molecule has 6 nitrogen and oxygen atoms in total. The molecule has 2 N–H and O–H groups in total. The van der Waals surface area contributed by atoms with Gasteiger partial charge in [0, 0.05) is 38.1 Å². The van der Waals surface area contributed by atoms with Crippen molar-refractivity contribution in [2.24, 2.45) is 0 Å². The quantitative estimate of drug-likeness (QED) is 0.574. The Morgan fingerprint density at radius 3 is 2.74 bits per heavy atom. The number of nitrogens with one attached hydrogen (secondary N) is 2. The fourth-order valence-corrected chi connectivity index (χ4v) is 3.63. The van der Waals surface area contributed by atoms with Gasteiger partial charge in [-0.2, -0.15) is 4.98 Å². The van der Waals surface area contributed by atoms with Gasteiger partial charge in [0.05, 0.1) is 0 Å². The lowest BCUT2D eigenvalue weighted by Gasteiger charge is -2.11. The number of carbonyl (C=O) groups is 1. The molecule has 4 rings (SSSR count). The molecule has 6 heteroatoms. The summed E-state index contributed by atoms with van der Waals surface area (Å²) < 4.78 is 0. The van der Waals surface area contributed by atoms with Crippen LogP contribution in [0.15, 0.2) is 60.3 Å². The third-order valence-electron chi connectivity index (χ3n) is 5.25. The van der Waals surface area contributed by atoms with E-state index in [1.54, 1.807) is 25.2 Å². The molecule has 0 bridgehead atoms. The Labute approximate surface area is 183 Å². The van der Waals surface area contributed by atoms with Gasteiger partial charge in [0.15, 0.2) is 0 Å². The Morgan fingerprint density at radius 2 is 1.90 bits per heavy atom. The van der Waals surface area contributed by atoms with Gasteiger partial charge >= 0.3 is 0 Å². The number of allylic oxidation sites excluding steroid dienone is 1. The van der Waals surface area contributed by atoms with E-state index in [1.807, 2.05) is 30.3 Å². The van der Waals surface area contributed by atoms with Crippen molar-refractivity contribution < 1.29 is 4.79 Å². The smallest absolute Gasteiger partial charge is 0.229 e. The number of aryl methyl sites for hydroxylation is 1. The van der Waals surface area contributed by atoms with E-state index in [9.17, 15) is 4.79 Å². The van der Waals surface area contributed by atoms with Gasteiger partial charge in [-0.1, -0.05) is 29.8 Å². The SMILES string of the molecule is CC1=Cc2cc(Nc3ccnc(Nc4cccc(CCC(=O)N(C)C)c4)n3)ccc2C1. The second kappa shape index (κ2) is 9.00. The van der Waals surface area contributed by atoms with Crippen molar-refractivity contribution in [1.82, 2.24) is 14.9 Å². The minimum absolute atomic E-state index is 0.123. The molecular weight excluding hydrogens is 386 g/mol. The van der Waals surface area contributed by atoms with Crippen LogP contribution in [0.2, 0.25) is 0 Å². The van der Waals surface area contributed by atoms with Gasteiger partial charge in [0.2, 0.25) is 11.9 Å². The maximum Gasteiger partial charge on any atom is 0.229 e. The lowest BCUT2D eigenvalue weighted by molar-refractivity contribution is -0.128. The Balaban J connectivity index is 1.43. The van der Waals surface area contributed by atoms with Gasteiger partial charge in [-0.25, -0.2) is 4.98 Å². The molecule has 1 amide bonds. The highest BCUT2D eigenvalue weighted by Gasteiger charge is 2.10. The molecule has 31 heavy (non-hydrogen) atoms. The maximum atomic E-state index is 11.8. The Hall–Kier alpha value is -3.67. The minimum atomic E-state index is 0.123. The van der Waals surface area contributed by atoms with E-state index in [1.165, 1.54) is 16.7 Å². The van der Waals surface area contributed by atoms with Crippen molar-refractivity contribution in [2.75, 3.05) is 24.7 Å². The van der Waals surface area contributed by atoms with Gasteiger partial charge in [0.1, 0.15) is 5.82 Å². The molecule has 0 aliphatic heterocycles. The van der Waals surface area contributed by atoms with E-state index in [0.29, 0.717) is 18.8 Å². The highest BCUT2D eigenvalue weighted by molar-refractivity contribution is 5.76. The van der Waals surface area contributed by atoms with E-state index < -0.39 is 0 Å². The predicted molar refractivity (Wildman–Crippen MR) is 126 cm³/mol. The molecule has 0 saturated carbocycles. The highest BCUT2D eigenvalue weighted by Crippen LogP contribution is 2.28. The van der Waals surface area contributed by atoms with Gasteiger partial charge in [-0.3, -0.25) is 4.79 Å². The number of carbonyl (C=O) groups excluding carboxylic acids is 1. The first kappa shape index (κ1) is 20.6. The molecular formula is C25H27N5O. The van der Waals surface area contributed by atoms with Crippen LogP contribution in [0.5, 0.6) is 0 Å². The van der Waals surface area contributed by atoms with Gasteiger partial charge in [0.25, 0.3) is 0 Å². The Bertz CT molecular complexity index is 1140. The monoisotopic (exact) mass is 413 g/mol. The maximum absolute atomic E-state index is 11.8. The molecule has 1 aliphatic carbocycles. The molecule has 158 valence electrons. The normalized spacial score (nSPS) is 12.2. The zero-order valence-electron chi connectivity index (χ0n) is 18.1. The molecule has 0 spiro atoms. The van der Waals surface area contributed by atoms with Crippen LogP contribution in [-0.2, 0) is 17.6 Å². The third-order valence-corrected chi connectivity index (χ3v) is 5.25. The largest absolute Gasteiger partial charge is 0.349 e. The summed E-state index contributed by atoms with van der Waals surface area (Å²) in [5.74, 6) is 1.37. The van der Waals surface area contributed by atoms with Crippen LogP contribution in [-0.4, -0.2) is 34.9 Å². The zero-order valence-corrected chi connectivity index (χ0v) is 18.1. The van der Waals surface area contributed by atoms with E-state index in [4.69, 9.17) is 0 Å². The van der Waals surface area contributed by atoms with Gasteiger partial charge < -0.3 is 15.5 Å². The van der Waals surface area contributed by atoms with Crippen LogP contribution in [0, 0.1) is 0 Å². The summed E-state index contributed by atoms with van der Waals surface area (Å²) in [5.41, 5.74) is 7.00. The molecule has 0 fully saturated rings. The summed E-state index contributed by atoms with van der Waals surface area (Å²) in [6.07, 6.45) is 6.17. The number of nitrogens with zero attached hydrogens (tertiary/aromatic N) is 3. The predicted octanol–water partition coefficient (Wildman–Crippen LogP) is 4.94. The summed E-state index contributed by atoms with van der Waals surface area (Å²) >= 11 is 0. The van der Waals surface area contributed by atoms with E-state index in [2.05, 4.69) is 51.8 Å². The van der Waals surface area contributed by atoms with Crippen LogP contribution >= 0.6 is 0 Å². The van der Waals surface area contributed by atoms with Crippen LogP contribution in [0.25, 0.3) is 6.08 Å². The Kier molecular flexibility index (Phi) is 5.98. The first-order valence-electron chi connectivity index (χ1n) is 10.4. The highest BCUT2D eigenvalue weighted by atomic mass is 16.2. The molecule has 1 aliphatic rings. The molecule has 2 aromatic carbocycles. The lowest BCUT2D eigenvalue weighted by atomic mass is 10.1. The summed E-state index contributed by atoms with van der Waals surface area (Å²) in [5, 5.41) is 6.63. The van der Waals surface area contributed by atoms with Crippen LogP contribution in [0.1, 0.15) is 30.0 Å². The number of amides is 1. The lowest BCUT2D eigenvalue weighted by Crippen LogP contribution is -2.21. The number of benzene rings is 2. The summed E-state index contributed by atoms with van der Waals surface area (Å²) in [7, 11) is 3.55. The van der Waals surface area contributed by atoms with E-state index in [0.717, 1.165) is 29.2 Å². The van der Waals surface area contributed by atoms with Crippen molar-refractivity contribution >= 4 is 35.1 Å². The second-order valence-electron chi connectivity index (χ2n) is 8.09. The molecule has 1 aromatic heterocycles. The fraction of sp³-hybridized carbons (Fsp3) is 0.240. The van der Waals surface area contributed by atoms with Crippen molar-refractivity contribution in [3.05, 3.63) is 77.0 Å². The first-order valence-corrected chi connectivity index (χ1v) is 10.4. The van der Waals surface area contributed by atoms with E-state index in [-0.39, 0.29) is 5.91 Å². The molecule has 0 radical (unpaired) electrons. The minimum Gasteiger partial charge on any atom is -0.349 e. The topological polar surface area (TPSA) is 70.2 Å². The summed E-state index contributed by atoms with van der Waals surface area (Å²) in [4.78, 5) is 22.4. The fourth-order valence-electron chi connectivity index (χ4n) is 3.63. The van der Waals surface area contributed by atoms with Gasteiger partial charge in [-0.05, 0) is 66.8 Å². The Morgan fingerprint density at radius 1 is 1.06 bits per heavy atom. The van der Waals surface area contributed by atoms with Crippen molar-refractivity contribution in [2.45, 2.75) is 26.2 Å². The zero-order chi connectivity index (χ0) is 21.8. The number of hydrogen-bond donors (Lipinski definition) is 2. The van der Waals surface area contributed by atoms with Crippen molar-refractivity contribution in [3.8, 4) is 0 Å². The molecule has 0 saturated heterocycles. The summed E-state index contributed by atoms with van der Waals surface area (Å²) in [6, 6.07) is 16.2. The van der Waals surface area contributed by atoms with Crippen LogP contribution in [0.4, 0.5) is 23.1 Å². The average molecular weight is 414 g/mol. The number of rotatable bonds is 7. The standard InChI is InChI=1S/C25H27N5O/c1-17-13-19-8-9-22(16-20(19)14-17)27-23-11-12-26-25(29-23)28-21-6-4-5-18(15-21)7-10-24(31)30(2)3/h4-6,8-9,11-12,14-16H,7,10,13H2,1-3H3,(H2,26,27,28,29). The van der Waals surface area contributed by atoms with E-state index >= 15 is 0 Å². The molecule has 0 unspecified atom stereocenters. The number of fused-ring (bicyclic) bond motifs is 1. The van der Waals surface area contributed by atoms with Crippen molar-refractivity contribution in [1.29, 1.82) is 0 Å². The van der Waals surface area contributed by atoms with Crippen LogP contribution < -0.4 is 10.6 Å². The molecule has 3 aromatic rings. The number of hydrogen-bond acceptors (Lipinski definition) is 5. The average Bonchev–Trinajstić information content (AvgIpc) is 3.12. The van der Waals surface area contributed by atoms with Crippen LogP contribution in [0.3, 0.4) is 0 Å².